The first-order chi connectivity index (χ1) is 6.79. The van der Waals surface area contributed by atoms with E-state index in [9.17, 15) is 9.90 Å². The van der Waals surface area contributed by atoms with Crippen LogP contribution in [0.15, 0.2) is 24.5 Å². The normalized spacial score (nSPS) is 9.33. The zero-order valence-electron chi connectivity index (χ0n) is 8.90. The molecule has 1 heterocycles. The Bertz CT molecular complexity index is 280. The third-order valence-electron chi connectivity index (χ3n) is 1.79. The van der Waals surface area contributed by atoms with E-state index >= 15 is 0 Å². The molecule has 0 aliphatic carbocycles. The van der Waals surface area contributed by atoms with Gasteiger partial charge in [0.05, 0.1) is 0 Å². The Morgan fingerprint density at radius 1 is 1.53 bits per heavy atom. The maximum absolute atomic E-state index is 10.1. The van der Waals surface area contributed by atoms with Crippen LogP contribution in [0.2, 0.25) is 0 Å². The smallest absolute Gasteiger partial charge is 0.550 e. The van der Waals surface area contributed by atoms with Crippen molar-refractivity contribution < 1.29 is 39.5 Å². The molecule has 1 aromatic rings. The third kappa shape index (κ3) is 7.50. The van der Waals surface area contributed by atoms with Crippen molar-refractivity contribution in [3.05, 3.63) is 30.1 Å². The summed E-state index contributed by atoms with van der Waals surface area (Å²) in [7, 11) is 0. The van der Waals surface area contributed by atoms with Crippen molar-refractivity contribution in [2.45, 2.75) is 19.4 Å². The second-order valence-electron chi connectivity index (χ2n) is 3.01. The van der Waals surface area contributed by atoms with Crippen LogP contribution >= 0.6 is 0 Å². The van der Waals surface area contributed by atoms with E-state index in [1.807, 2.05) is 12.1 Å². The fourth-order valence-corrected chi connectivity index (χ4v) is 1.09. The molecule has 0 spiro atoms. The quantitative estimate of drug-likeness (QED) is 0.400. The largest absolute Gasteiger partial charge is 1.00 e. The van der Waals surface area contributed by atoms with Crippen LogP contribution in [0, 0.1) is 0 Å². The summed E-state index contributed by atoms with van der Waals surface area (Å²) < 4.78 is 0. The van der Waals surface area contributed by atoms with Gasteiger partial charge >= 0.3 is 29.6 Å². The van der Waals surface area contributed by atoms with Crippen LogP contribution in [0.25, 0.3) is 0 Å². The summed E-state index contributed by atoms with van der Waals surface area (Å²) in [5.41, 5.74) is 1.10. The molecule has 4 nitrogen and oxygen atoms in total. The van der Waals surface area contributed by atoms with Crippen molar-refractivity contribution >= 4 is 5.97 Å². The zero-order valence-corrected chi connectivity index (χ0v) is 10.9. The standard InChI is InChI=1S/C10H14N2O2.Na/c13-10(14)4-2-6-12-8-9-3-1-5-11-7-9;/h1,3,5,7,12H,2,4,6,8H2,(H,13,14);/q;+1/p-1. The second-order valence-corrected chi connectivity index (χ2v) is 3.01. The third-order valence-corrected chi connectivity index (χ3v) is 1.79. The summed E-state index contributed by atoms with van der Waals surface area (Å²) in [5.74, 6) is -0.992. The average molecular weight is 216 g/mol. The first kappa shape index (κ1) is 14.6. The number of nitrogens with zero attached hydrogens (tertiary/aromatic N) is 1. The van der Waals surface area contributed by atoms with Gasteiger partial charge in [0, 0.05) is 24.9 Å². The zero-order chi connectivity index (χ0) is 10.2. The van der Waals surface area contributed by atoms with Gasteiger partial charge in [-0.3, -0.25) is 4.98 Å². The Labute approximate surface area is 111 Å². The van der Waals surface area contributed by atoms with E-state index in [0.717, 1.165) is 12.1 Å². The van der Waals surface area contributed by atoms with E-state index in [4.69, 9.17) is 0 Å². The van der Waals surface area contributed by atoms with Gasteiger partial charge in [0.2, 0.25) is 0 Å². The predicted octanol–water partition coefficient (Wildman–Crippen LogP) is -3.29. The van der Waals surface area contributed by atoms with Gasteiger partial charge < -0.3 is 15.2 Å². The number of carbonyl (C=O) groups excluding carboxylic acids is 1. The molecule has 0 radical (unpaired) electrons. The van der Waals surface area contributed by atoms with Crippen LogP contribution < -0.4 is 40.0 Å². The van der Waals surface area contributed by atoms with Crippen LogP contribution in [0.5, 0.6) is 0 Å². The van der Waals surface area contributed by atoms with Crippen LogP contribution in [0.1, 0.15) is 18.4 Å². The van der Waals surface area contributed by atoms with Crippen molar-refractivity contribution in [1.82, 2.24) is 10.3 Å². The minimum Gasteiger partial charge on any atom is -0.550 e. The van der Waals surface area contributed by atoms with Gasteiger partial charge in [0.1, 0.15) is 0 Å². The first-order valence-corrected chi connectivity index (χ1v) is 4.58. The number of carbonyl (C=O) groups is 1. The molecule has 5 heteroatoms. The molecule has 0 fully saturated rings. The Morgan fingerprint density at radius 3 is 2.93 bits per heavy atom. The summed E-state index contributed by atoms with van der Waals surface area (Å²) in [4.78, 5) is 14.1. The molecule has 0 aromatic carbocycles. The van der Waals surface area contributed by atoms with E-state index in [0.29, 0.717) is 13.0 Å². The molecule has 0 aliphatic heterocycles. The summed E-state index contributed by atoms with van der Waals surface area (Å²) >= 11 is 0. The Hall–Kier alpha value is -0.420. The molecule has 0 saturated carbocycles. The number of aromatic nitrogens is 1. The maximum atomic E-state index is 10.1. The van der Waals surface area contributed by atoms with E-state index in [-0.39, 0.29) is 36.0 Å². The molecule has 76 valence electrons. The van der Waals surface area contributed by atoms with Crippen molar-refractivity contribution in [2.24, 2.45) is 0 Å². The number of hydrogen-bond donors (Lipinski definition) is 1. The first-order valence-electron chi connectivity index (χ1n) is 4.58. The topological polar surface area (TPSA) is 65.0 Å². The van der Waals surface area contributed by atoms with Crippen molar-refractivity contribution in [1.29, 1.82) is 0 Å². The molecule has 0 bridgehead atoms. The van der Waals surface area contributed by atoms with Crippen LogP contribution in [-0.2, 0) is 11.3 Å². The van der Waals surface area contributed by atoms with E-state index < -0.39 is 5.97 Å². The van der Waals surface area contributed by atoms with Crippen molar-refractivity contribution in [3.8, 4) is 0 Å². The number of rotatable bonds is 6. The van der Waals surface area contributed by atoms with E-state index in [2.05, 4.69) is 10.3 Å². The summed E-state index contributed by atoms with van der Waals surface area (Å²) in [6.45, 7) is 1.41. The number of hydrogen-bond acceptors (Lipinski definition) is 4. The predicted molar refractivity (Wildman–Crippen MR) is 50.2 cm³/mol. The van der Waals surface area contributed by atoms with Gasteiger partial charge in [-0.15, -0.1) is 0 Å². The Morgan fingerprint density at radius 2 is 2.33 bits per heavy atom. The fourth-order valence-electron chi connectivity index (χ4n) is 1.09. The van der Waals surface area contributed by atoms with Crippen LogP contribution in [-0.4, -0.2) is 17.5 Å². The monoisotopic (exact) mass is 216 g/mol. The summed E-state index contributed by atoms with van der Waals surface area (Å²) in [6, 6.07) is 3.84. The SMILES string of the molecule is O=C([O-])CCCNCc1cccnc1.[Na+]. The maximum Gasteiger partial charge on any atom is 1.00 e. The van der Waals surface area contributed by atoms with Crippen molar-refractivity contribution in [2.75, 3.05) is 6.54 Å². The summed E-state index contributed by atoms with van der Waals surface area (Å²) in [5, 5.41) is 13.2. The molecule has 1 N–H and O–H groups in total. The van der Waals surface area contributed by atoms with Gasteiger partial charge in [-0.1, -0.05) is 6.07 Å². The number of nitrogens with one attached hydrogen (secondary N) is 1. The summed E-state index contributed by atoms with van der Waals surface area (Å²) in [6.07, 6.45) is 4.22. The number of pyridine rings is 1. The molecule has 1 aromatic heterocycles. The van der Waals surface area contributed by atoms with Crippen LogP contribution in [0.3, 0.4) is 0 Å². The Balaban J connectivity index is 0.00000196. The molecular weight excluding hydrogens is 203 g/mol. The minimum absolute atomic E-state index is 0. The van der Waals surface area contributed by atoms with Crippen LogP contribution in [0.4, 0.5) is 0 Å². The molecule has 1 rings (SSSR count). The molecule has 0 unspecified atom stereocenters. The van der Waals surface area contributed by atoms with Gasteiger partial charge in [0.15, 0.2) is 0 Å². The number of aliphatic carboxylic acids is 1. The van der Waals surface area contributed by atoms with Gasteiger partial charge in [0.25, 0.3) is 0 Å². The van der Waals surface area contributed by atoms with Gasteiger partial charge in [-0.2, -0.15) is 0 Å². The van der Waals surface area contributed by atoms with Gasteiger partial charge in [-0.05, 0) is 31.0 Å². The molecule has 0 atom stereocenters. The Kier molecular flexibility index (Phi) is 8.61. The van der Waals surface area contributed by atoms with Crippen molar-refractivity contribution in [3.63, 3.8) is 0 Å². The molecular formula is C10H13N2NaO2. The van der Waals surface area contributed by atoms with E-state index in [1.165, 1.54) is 0 Å². The van der Waals surface area contributed by atoms with E-state index in [1.54, 1.807) is 12.4 Å². The average Bonchev–Trinajstić information content (AvgIpc) is 2.18. The second kappa shape index (κ2) is 8.85. The number of carboxylic acids is 1. The molecule has 0 saturated heterocycles. The molecule has 0 amide bonds. The molecule has 15 heavy (non-hydrogen) atoms. The number of carboxylic acid groups (broad SMARTS) is 1. The molecule has 0 aliphatic rings. The fraction of sp³-hybridized carbons (Fsp3) is 0.400. The van der Waals surface area contributed by atoms with Gasteiger partial charge in [-0.25, -0.2) is 0 Å². The minimum atomic E-state index is -0.992.